The maximum atomic E-state index is 11.7. The molecule has 21 heavy (non-hydrogen) atoms. The van der Waals surface area contributed by atoms with Gasteiger partial charge in [-0.2, -0.15) is 0 Å². The van der Waals surface area contributed by atoms with Gasteiger partial charge in [0.2, 0.25) is 10.0 Å². The van der Waals surface area contributed by atoms with Crippen molar-refractivity contribution in [1.29, 1.82) is 0 Å². The van der Waals surface area contributed by atoms with Crippen molar-refractivity contribution in [2.45, 2.75) is 18.8 Å². The van der Waals surface area contributed by atoms with Crippen molar-refractivity contribution in [3.8, 4) is 10.7 Å². The SMILES string of the molecule is CS(=O)(=O)N1CCCC(c2ccnc(-c3nccs3)c2)C1. The van der Waals surface area contributed by atoms with Crippen molar-refractivity contribution >= 4 is 21.4 Å². The van der Waals surface area contributed by atoms with Gasteiger partial charge in [-0.05, 0) is 36.5 Å². The zero-order chi connectivity index (χ0) is 14.9. The fraction of sp³-hybridized carbons (Fsp3) is 0.429. The number of rotatable bonds is 3. The first kappa shape index (κ1) is 14.6. The number of piperidine rings is 1. The molecule has 0 bridgehead atoms. The van der Waals surface area contributed by atoms with E-state index < -0.39 is 10.0 Å². The van der Waals surface area contributed by atoms with Gasteiger partial charge >= 0.3 is 0 Å². The molecule has 0 saturated carbocycles. The maximum Gasteiger partial charge on any atom is 0.211 e. The summed E-state index contributed by atoms with van der Waals surface area (Å²) < 4.78 is 25.0. The normalized spacial score (nSPS) is 20.5. The van der Waals surface area contributed by atoms with Crippen LogP contribution in [0.4, 0.5) is 0 Å². The van der Waals surface area contributed by atoms with E-state index in [2.05, 4.69) is 9.97 Å². The molecular weight excluding hydrogens is 306 g/mol. The van der Waals surface area contributed by atoms with Gasteiger partial charge in [0.25, 0.3) is 0 Å². The van der Waals surface area contributed by atoms with E-state index in [1.807, 2.05) is 17.5 Å². The summed E-state index contributed by atoms with van der Waals surface area (Å²) in [5, 5.41) is 2.82. The van der Waals surface area contributed by atoms with Gasteiger partial charge in [-0.3, -0.25) is 4.98 Å². The third-order valence-corrected chi connectivity index (χ3v) is 5.83. The minimum absolute atomic E-state index is 0.232. The van der Waals surface area contributed by atoms with Crippen LogP contribution in [0, 0.1) is 0 Å². The first-order valence-electron chi connectivity index (χ1n) is 6.85. The molecule has 112 valence electrons. The highest BCUT2D eigenvalue weighted by Gasteiger charge is 2.27. The monoisotopic (exact) mass is 323 g/mol. The summed E-state index contributed by atoms with van der Waals surface area (Å²) in [4.78, 5) is 8.64. The number of sulfonamides is 1. The molecule has 1 aliphatic rings. The van der Waals surface area contributed by atoms with Gasteiger partial charge < -0.3 is 0 Å². The Balaban J connectivity index is 1.85. The molecule has 1 unspecified atom stereocenters. The molecule has 1 aliphatic heterocycles. The van der Waals surface area contributed by atoms with Crippen LogP contribution in [-0.2, 0) is 10.0 Å². The quantitative estimate of drug-likeness (QED) is 0.870. The molecule has 0 radical (unpaired) electrons. The van der Waals surface area contributed by atoms with Crippen LogP contribution in [0.1, 0.15) is 24.3 Å². The molecule has 0 aromatic carbocycles. The minimum Gasteiger partial charge on any atom is -0.254 e. The number of nitrogens with zero attached hydrogens (tertiary/aromatic N) is 3. The van der Waals surface area contributed by atoms with Gasteiger partial charge in [-0.15, -0.1) is 11.3 Å². The number of pyridine rings is 1. The second kappa shape index (κ2) is 5.82. The van der Waals surface area contributed by atoms with E-state index in [1.165, 1.54) is 6.26 Å². The third-order valence-electron chi connectivity index (χ3n) is 3.76. The van der Waals surface area contributed by atoms with Crippen LogP contribution in [0.2, 0.25) is 0 Å². The predicted octanol–water partition coefficient (Wildman–Crippen LogP) is 2.34. The molecule has 1 saturated heterocycles. The molecule has 0 spiro atoms. The average Bonchev–Trinajstić information content (AvgIpc) is 3.01. The third kappa shape index (κ3) is 3.30. The highest BCUT2D eigenvalue weighted by Crippen LogP contribution is 2.30. The molecule has 0 amide bonds. The van der Waals surface area contributed by atoms with E-state index in [-0.39, 0.29) is 5.92 Å². The molecule has 0 aliphatic carbocycles. The highest BCUT2D eigenvalue weighted by molar-refractivity contribution is 7.88. The second-order valence-corrected chi connectivity index (χ2v) is 8.15. The van der Waals surface area contributed by atoms with Crippen molar-refractivity contribution in [2.24, 2.45) is 0 Å². The Labute approximate surface area is 128 Å². The number of hydrogen-bond donors (Lipinski definition) is 0. The number of thiazole rings is 1. The number of hydrogen-bond acceptors (Lipinski definition) is 5. The predicted molar refractivity (Wildman–Crippen MR) is 83.7 cm³/mol. The lowest BCUT2D eigenvalue weighted by molar-refractivity contribution is 0.317. The van der Waals surface area contributed by atoms with Gasteiger partial charge in [-0.1, -0.05) is 0 Å². The highest BCUT2D eigenvalue weighted by atomic mass is 32.2. The fourth-order valence-electron chi connectivity index (χ4n) is 2.68. The van der Waals surface area contributed by atoms with Crippen LogP contribution in [0.15, 0.2) is 29.9 Å². The summed E-state index contributed by atoms with van der Waals surface area (Å²) in [6.45, 7) is 1.18. The Bertz CT molecular complexity index is 714. The summed E-state index contributed by atoms with van der Waals surface area (Å²) in [6, 6.07) is 4.02. The van der Waals surface area contributed by atoms with E-state index in [0.29, 0.717) is 13.1 Å². The van der Waals surface area contributed by atoms with Crippen LogP contribution in [0.25, 0.3) is 10.7 Å². The topological polar surface area (TPSA) is 63.2 Å². The Morgan fingerprint density at radius 2 is 2.19 bits per heavy atom. The van der Waals surface area contributed by atoms with Crippen molar-refractivity contribution in [1.82, 2.24) is 14.3 Å². The zero-order valence-electron chi connectivity index (χ0n) is 11.8. The Kier molecular flexibility index (Phi) is 4.05. The van der Waals surface area contributed by atoms with E-state index >= 15 is 0 Å². The lowest BCUT2D eigenvalue weighted by Crippen LogP contribution is -2.38. The van der Waals surface area contributed by atoms with Crippen LogP contribution >= 0.6 is 11.3 Å². The molecule has 3 heterocycles. The summed E-state index contributed by atoms with van der Waals surface area (Å²) >= 11 is 1.56. The molecule has 1 atom stereocenters. The van der Waals surface area contributed by atoms with E-state index in [9.17, 15) is 8.42 Å². The van der Waals surface area contributed by atoms with Gasteiger partial charge in [0.15, 0.2) is 0 Å². The molecular formula is C14H17N3O2S2. The lowest BCUT2D eigenvalue weighted by atomic mass is 9.92. The maximum absolute atomic E-state index is 11.7. The summed E-state index contributed by atoms with van der Waals surface area (Å²) in [6.07, 6.45) is 6.73. The van der Waals surface area contributed by atoms with Crippen molar-refractivity contribution < 1.29 is 8.42 Å². The Morgan fingerprint density at radius 3 is 2.90 bits per heavy atom. The first-order valence-corrected chi connectivity index (χ1v) is 9.58. The minimum atomic E-state index is -3.11. The second-order valence-electron chi connectivity index (χ2n) is 5.27. The van der Waals surface area contributed by atoms with Crippen molar-refractivity contribution in [3.05, 3.63) is 35.5 Å². The average molecular weight is 323 g/mol. The van der Waals surface area contributed by atoms with Crippen molar-refractivity contribution in [2.75, 3.05) is 19.3 Å². The molecule has 2 aromatic heterocycles. The van der Waals surface area contributed by atoms with Gasteiger partial charge in [0, 0.05) is 30.9 Å². The van der Waals surface area contributed by atoms with Crippen molar-refractivity contribution in [3.63, 3.8) is 0 Å². The first-order chi connectivity index (χ1) is 10.0. The summed E-state index contributed by atoms with van der Waals surface area (Å²) in [5.41, 5.74) is 2.00. The van der Waals surface area contributed by atoms with Crippen LogP contribution < -0.4 is 0 Å². The Hall–Kier alpha value is -1.31. The molecule has 5 nitrogen and oxygen atoms in total. The van der Waals surface area contributed by atoms with Crippen LogP contribution in [0.5, 0.6) is 0 Å². The van der Waals surface area contributed by atoms with Gasteiger partial charge in [-0.25, -0.2) is 17.7 Å². The van der Waals surface area contributed by atoms with Crippen LogP contribution in [-0.4, -0.2) is 42.0 Å². The smallest absolute Gasteiger partial charge is 0.211 e. The van der Waals surface area contributed by atoms with Crippen LogP contribution in [0.3, 0.4) is 0 Å². The fourth-order valence-corrected chi connectivity index (χ4v) is 4.20. The molecule has 0 N–H and O–H groups in total. The van der Waals surface area contributed by atoms with E-state index in [1.54, 1.807) is 28.0 Å². The molecule has 7 heteroatoms. The molecule has 2 aromatic rings. The van der Waals surface area contributed by atoms with Gasteiger partial charge in [0.1, 0.15) is 5.01 Å². The Morgan fingerprint density at radius 1 is 1.33 bits per heavy atom. The molecule has 1 fully saturated rings. The van der Waals surface area contributed by atoms with Gasteiger partial charge in [0.05, 0.1) is 11.9 Å². The summed E-state index contributed by atoms with van der Waals surface area (Å²) in [7, 11) is -3.11. The number of aromatic nitrogens is 2. The summed E-state index contributed by atoms with van der Waals surface area (Å²) in [5.74, 6) is 0.232. The van der Waals surface area contributed by atoms with E-state index in [4.69, 9.17) is 0 Å². The molecule has 3 rings (SSSR count). The van der Waals surface area contributed by atoms with E-state index in [0.717, 1.165) is 29.1 Å². The standard InChI is InChI=1S/C14H17N3O2S2/c1-21(18,19)17-7-2-3-12(10-17)11-4-5-15-13(9-11)14-16-6-8-20-14/h4-6,8-9,12H,2-3,7,10H2,1H3. The largest absolute Gasteiger partial charge is 0.254 e. The lowest BCUT2D eigenvalue weighted by Gasteiger charge is -2.31. The zero-order valence-corrected chi connectivity index (χ0v) is 13.4.